The van der Waals surface area contributed by atoms with Crippen LogP contribution < -0.4 is 0 Å². The molecule has 44 valence electrons. The lowest BCUT2D eigenvalue weighted by atomic mass is 10.3. The number of thiocarbonyl (C=S) groups is 1. The molecule has 0 saturated carbocycles. The lowest BCUT2D eigenvalue weighted by molar-refractivity contribution is 0.202. The normalized spacial score (nSPS) is 27.5. The lowest BCUT2D eigenvalue weighted by Crippen LogP contribution is -2.07. The van der Waals surface area contributed by atoms with Gasteiger partial charge in [-0.05, 0) is 19.9 Å². The van der Waals surface area contributed by atoms with Crippen molar-refractivity contribution in [1.82, 2.24) is 0 Å². The summed E-state index contributed by atoms with van der Waals surface area (Å²) in [4.78, 5) is 0.905. The van der Waals surface area contributed by atoms with Gasteiger partial charge in [-0.1, -0.05) is 12.2 Å². The Labute approximate surface area is 54.3 Å². The first-order chi connectivity index (χ1) is 3.70. The minimum atomic E-state index is 0.130. The molecule has 2 heteroatoms. The molecule has 1 nitrogen and oxygen atoms in total. The van der Waals surface area contributed by atoms with E-state index < -0.39 is 0 Å². The molecule has 1 aliphatic rings. The Morgan fingerprint density at radius 2 is 2.38 bits per heavy atom. The van der Waals surface area contributed by atoms with Gasteiger partial charge in [0.1, 0.15) is 6.10 Å². The van der Waals surface area contributed by atoms with E-state index in [2.05, 4.69) is 0 Å². The zero-order chi connectivity index (χ0) is 6.15. The molecule has 1 atom stereocenters. The Morgan fingerprint density at radius 1 is 1.75 bits per heavy atom. The summed E-state index contributed by atoms with van der Waals surface area (Å²) in [6, 6.07) is 0. The standard InChI is InChI=1S/C6H8OS/c1-4-3-6(8)5(2)7-4/h3,5H,1-2H3. The molecule has 0 spiro atoms. The highest BCUT2D eigenvalue weighted by Crippen LogP contribution is 2.12. The Kier molecular flexibility index (Phi) is 1.34. The van der Waals surface area contributed by atoms with Gasteiger partial charge in [0.05, 0.1) is 10.6 Å². The molecule has 0 aliphatic carbocycles. The highest BCUT2D eigenvalue weighted by molar-refractivity contribution is 7.80. The van der Waals surface area contributed by atoms with Gasteiger partial charge in [0.25, 0.3) is 0 Å². The molecule has 0 aromatic carbocycles. The number of allylic oxidation sites excluding steroid dienone is 1. The van der Waals surface area contributed by atoms with E-state index in [-0.39, 0.29) is 6.10 Å². The van der Waals surface area contributed by atoms with Gasteiger partial charge in [-0.15, -0.1) is 0 Å². The number of ether oxygens (including phenoxy) is 1. The molecule has 0 amide bonds. The van der Waals surface area contributed by atoms with Crippen molar-refractivity contribution in [3.63, 3.8) is 0 Å². The van der Waals surface area contributed by atoms with Crippen LogP contribution in [0.2, 0.25) is 0 Å². The summed E-state index contributed by atoms with van der Waals surface area (Å²) in [5.74, 6) is 0.933. The van der Waals surface area contributed by atoms with E-state index in [1.54, 1.807) is 0 Å². The Balaban J connectivity index is 2.70. The van der Waals surface area contributed by atoms with E-state index in [0.29, 0.717) is 0 Å². The van der Waals surface area contributed by atoms with Gasteiger partial charge in [0.2, 0.25) is 0 Å². The molecular formula is C6H8OS. The molecule has 0 saturated heterocycles. The predicted molar refractivity (Wildman–Crippen MR) is 36.9 cm³/mol. The van der Waals surface area contributed by atoms with Crippen LogP contribution in [0.1, 0.15) is 13.8 Å². The van der Waals surface area contributed by atoms with Gasteiger partial charge in [0.15, 0.2) is 0 Å². The Bertz CT molecular complexity index is 149. The zero-order valence-corrected chi connectivity index (χ0v) is 5.79. The number of hydrogen-bond acceptors (Lipinski definition) is 2. The zero-order valence-electron chi connectivity index (χ0n) is 4.97. The first-order valence-corrected chi connectivity index (χ1v) is 3.00. The van der Waals surface area contributed by atoms with E-state index in [9.17, 15) is 0 Å². The average molecular weight is 128 g/mol. The molecule has 0 aromatic rings. The van der Waals surface area contributed by atoms with Crippen LogP contribution in [0.3, 0.4) is 0 Å². The first kappa shape index (κ1) is 5.76. The van der Waals surface area contributed by atoms with Crippen molar-refractivity contribution in [3.8, 4) is 0 Å². The summed E-state index contributed by atoms with van der Waals surface area (Å²) in [6.45, 7) is 3.87. The van der Waals surface area contributed by atoms with Crippen LogP contribution in [0, 0.1) is 0 Å². The molecule has 0 aromatic heterocycles. The summed E-state index contributed by atoms with van der Waals surface area (Å²) >= 11 is 4.92. The smallest absolute Gasteiger partial charge is 0.130 e. The molecule has 0 fully saturated rings. The van der Waals surface area contributed by atoms with Crippen LogP contribution in [0.15, 0.2) is 11.8 Å². The maximum absolute atomic E-state index is 5.19. The van der Waals surface area contributed by atoms with Crippen LogP contribution in [-0.2, 0) is 4.74 Å². The van der Waals surface area contributed by atoms with E-state index in [4.69, 9.17) is 17.0 Å². The van der Waals surface area contributed by atoms with Gasteiger partial charge < -0.3 is 4.74 Å². The van der Waals surface area contributed by atoms with Gasteiger partial charge >= 0.3 is 0 Å². The predicted octanol–water partition coefficient (Wildman–Crippen LogP) is 1.68. The van der Waals surface area contributed by atoms with Crippen LogP contribution in [0.5, 0.6) is 0 Å². The van der Waals surface area contributed by atoms with Crippen molar-refractivity contribution < 1.29 is 4.74 Å². The second kappa shape index (κ2) is 1.86. The second-order valence-electron chi connectivity index (χ2n) is 1.92. The fourth-order valence-corrected chi connectivity index (χ4v) is 0.903. The van der Waals surface area contributed by atoms with Crippen LogP contribution in [0.4, 0.5) is 0 Å². The molecule has 1 aliphatic heterocycles. The van der Waals surface area contributed by atoms with Gasteiger partial charge in [-0.3, -0.25) is 0 Å². The quantitative estimate of drug-likeness (QED) is 0.459. The van der Waals surface area contributed by atoms with Crippen molar-refractivity contribution in [2.75, 3.05) is 0 Å². The van der Waals surface area contributed by atoms with Crippen molar-refractivity contribution >= 4 is 17.1 Å². The molecule has 1 heterocycles. The fourth-order valence-electron chi connectivity index (χ4n) is 0.689. The Morgan fingerprint density at radius 3 is 2.50 bits per heavy atom. The van der Waals surface area contributed by atoms with Crippen LogP contribution >= 0.6 is 12.2 Å². The third-order valence-electron chi connectivity index (χ3n) is 1.11. The average Bonchev–Trinajstić information content (AvgIpc) is 1.85. The topological polar surface area (TPSA) is 9.23 Å². The van der Waals surface area contributed by atoms with Crippen LogP contribution in [-0.4, -0.2) is 11.0 Å². The van der Waals surface area contributed by atoms with E-state index in [1.807, 2.05) is 19.9 Å². The first-order valence-electron chi connectivity index (χ1n) is 2.59. The highest BCUT2D eigenvalue weighted by atomic mass is 32.1. The maximum atomic E-state index is 5.19. The molecule has 0 radical (unpaired) electrons. The molecule has 0 bridgehead atoms. The van der Waals surface area contributed by atoms with E-state index >= 15 is 0 Å². The largest absolute Gasteiger partial charge is 0.490 e. The minimum absolute atomic E-state index is 0.130. The molecule has 0 N–H and O–H groups in total. The number of rotatable bonds is 0. The summed E-state index contributed by atoms with van der Waals surface area (Å²) in [7, 11) is 0. The maximum Gasteiger partial charge on any atom is 0.130 e. The van der Waals surface area contributed by atoms with Crippen molar-refractivity contribution in [2.45, 2.75) is 20.0 Å². The monoisotopic (exact) mass is 128 g/mol. The van der Waals surface area contributed by atoms with E-state index in [0.717, 1.165) is 10.6 Å². The Hall–Kier alpha value is -0.370. The number of hydrogen-bond donors (Lipinski definition) is 0. The SMILES string of the molecule is CC1=CC(=S)C(C)O1. The summed E-state index contributed by atoms with van der Waals surface area (Å²) < 4.78 is 5.19. The van der Waals surface area contributed by atoms with Crippen molar-refractivity contribution in [1.29, 1.82) is 0 Å². The summed E-state index contributed by atoms with van der Waals surface area (Å²) in [5, 5.41) is 0. The summed E-state index contributed by atoms with van der Waals surface area (Å²) in [5.41, 5.74) is 0. The third-order valence-corrected chi connectivity index (χ3v) is 1.56. The van der Waals surface area contributed by atoms with Gasteiger partial charge in [-0.2, -0.15) is 0 Å². The second-order valence-corrected chi connectivity index (χ2v) is 2.39. The van der Waals surface area contributed by atoms with Crippen LogP contribution in [0.25, 0.3) is 0 Å². The van der Waals surface area contributed by atoms with E-state index in [1.165, 1.54) is 0 Å². The lowest BCUT2D eigenvalue weighted by Gasteiger charge is -2.02. The summed E-state index contributed by atoms with van der Waals surface area (Å²) in [6.07, 6.45) is 2.02. The highest BCUT2D eigenvalue weighted by Gasteiger charge is 2.14. The molecular weight excluding hydrogens is 120 g/mol. The van der Waals surface area contributed by atoms with Gasteiger partial charge in [0, 0.05) is 0 Å². The third kappa shape index (κ3) is 0.892. The van der Waals surface area contributed by atoms with Gasteiger partial charge in [-0.25, -0.2) is 0 Å². The van der Waals surface area contributed by atoms with Crippen molar-refractivity contribution in [2.24, 2.45) is 0 Å². The van der Waals surface area contributed by atoms with Crippen molar-refractivity contribution in [3.05, 3.63) is 11.8 Å². The minimum Gasteiger partial charge on any atom is -0.490 e. The molecule has 8 heavy (non-hydrogen) atoms. The fraction of sp³-hybridized carbons (Fsp3) is 0.500. The molecule has 1 rings (SSSR count). The molecule has 1 unspecified atom stereocenters.